The van der Waals surface area contributed by atoms with E-state index in [9.17, 15) is 4.79 Å². The maximum Gasteiger partial charge on any atom is 0.231 e. The molecule has 1 amide bonds. The van der Waals surface area contributed by atoms with Crippen LogP contribution in [0.2, 0.25) is 0 Å². The summed E-state index contributed by atoms with van der Waals surface area (Å²) in [6.45, 7) is 7.08. The quantitative estimate of drug-likeness (QED) is 0.783. The van der Waals surface area contributed by atoms with E-state index < -0.39 is 0 Å². The molecule has 2 fully saturated rings. The van der Waals surface area contributed by atoms with Gasteiger partial charge in [-0.25, -0.2) is 4.98 Å². The second kappa shape index (κ2) is 6.83. The van der Waals surface area contributed by atoms with Crippen LogP contribution in [0.15, 0.2) is 30.3 Å². The molecule has 3 aliphatic heterocycles. The Morgan fingerprint density at radius 1 is 1.10 bits per heavy atom. The van der Waals surface area contributed by atoms with Crippen LogP contribution in [-0.4, -0.2) is 36.3 Å². The molecule has 0 spiro atoms. The van der Waals surface area contributed by atoms with E-state index >= 15 is 0 Å². The van der Waals surface area contributed by atoms with E-state index in [2.05, 4.69) is 24.1 Å². The zero-order valence-electron chi connectivity index (χ0n) is 16.9. The minimum atomic E-state index is -0.158. The number of anilines is 3. The van der Waals surface area contributed by atoms with Crippen molar-refractivity contribution in [2.75, 3.05) is 35.0 Å². The Hall–Kier alpha value is -2.96. The predicted octanol–water partition coefficient (Wildman–Crippen LogP) is 3.54. The largest absolute Gasteiger partial charge is 0.454 e. The van der Waals surface area contributed by atoms with Crippen molar-refractivity contribution in [3.63, 3.8) is 0 Å². The molecule has 2 aromatic rings. The third kappa shape index (κ3) is 3.24. The van der Waals surface area contributed by atoms with E-state index in [-0.39, 0.29) is 18.2 Å². The van der Waals surface area contributed by atoms with Crippen molar-refractivity contribution in [3.05, 3.63) is 35.9 Å². The topological polar surface area (TPSA) is 66.9 Å². The molecule has 7 nitrogen and oxygen atoms in total. The van der Waals surface area contributed by atoms with Crippen LogP contribution in [0.25, 0.3) is 0 Å². The summed E-state index contributed by atoms with van der Waals surface area (Å²) in [4.78, 5) is 21.4. The van der Waals surface area contributed by atoms with Gasteiger partial charge in [0.15, 0.2) is 17.3 Å². The Bertz CT molecular complexity index is 953. The van der Waals surface area contributed by atoms with Gasteiger partial charge in [-0.05, 0) is 56.5 Å². The van der Waals surface area contributed by atoms with E-state index in [4.69, 9.17) is 14.5 Å². The maximum atomic E-state index is 12.3. The molecule has 2 saturated heterocycles. The molecule has 1 N–H and O–H groups in total. The summed E-state index contributed by atoms with van der Waals surface area (Å²) < 4.78 is 10.8. The minimum Gasteiger partial charge on any atom is -0.454 e. The first kappa shape index (κ1) is 18.1. The molecule has 0 unspecified atom stereocenters. The summed E-state index contributed by atoms with van der Waals surface area (Å²) in [5.74, 6) is 3.44. The van der Waals surface area contributed by atoms with E-state index in [1.165, 1.54) is 0 Å². The standard InChI is InChI=1S/C22H26N4O3/c1-22(2)12-20(27)26(22)16-6-8-19(24-21(16)25-9-3-4-10-25)23-13-15-5-7-17-18(11-15)29-14-28-17/h5-8,11H,3-4,9-10,12-14H2,1-2H3,(H,23,24). The van der Waals surface area contributed by atoms with Crippen LogP contribution in [0.1, 0.15) is 38.7 Å². The molecule has 29 heavy (non-hydrogen) atoms. The van der Waals surface area contributed by atoms with Crippen LogP contribution in [0.5, 0.6) is 11.5 Å². The number of carbonyl (C=O) groups is 1. The number of rotatable bonds is 5. The molecule has 0 bridgehead atoms. The summed E-state index contributed by atoms with van der Waals surface area (Å²) in [6, 6.07) is 9.94. The molecule has 152 valence electrons. The van der Waals surface area contributed by atoms with E-state index in [0.29, 0.717) is 13.0 Å². The second-order valence-corrected chi connectivity index (χ2v) is 8.49. The van der Waals surface area contributed by atoms with Crippen LogP contribution in [0.3, 0.4) is 0 Å². The molecule has 4 heterocycles. The van der Waals surface area contributed by atoms with Crippen molar-refractivity contribution in [3.8, 4) is 11.5 Å². The summed E-state index contributed by atoms with van der Waals surface area (Å²) in [5.41, 5.74) is 1.86. The molecule has 0 aliphatic carbocycles. The normalized spacial score (nSPS) is 19.4. The summed E-state index contributed by atoms with van der Waals surface area (Å²) in [5, 5.41) is 3.41. The highest BCUT2D eigenvalue weighted by Gasteiger charge is 2.45. The van der Waals surface area contributed by atoms with Crippen molar-refractivity contribution >= 4 is 23.2 Å². The number of fused-ring (bicyclic) bond motifs is 1. The van der Waals surface area contributed by atoms with Crippen LogP contribution >= 0.6 is 0 Å². The molecular formula is C22H26N4O3. The fraction of sp³-hybridized carbons (Fsp3) is 0.455. The van der Waals surface area contributed by atoms with Crippen molar-refractivity contribution in [2.45, 2.75) is 45.2 Å². The lowest BCUT2D eigenvalue weighted by atomic mass is 9.87. The first-order valence-corrected chi connectivity index (χ1v) is 10.2. The first-order chi connectivity index (χ1) is 14.0. The SMILES string of the molecule is CC1(C)CC(=O)N1c1ccc(NCc2ccc3c(c2)OCO3)nc1N1CCCC1. The lowest BCUT2D eigenvalue weighted by Crippen LogP contribution is -2.60. The fourth-order valence-electron chi connectivity index (χ4n) is 4.35. The molecule has 7 heteroatoms. The number of aromatic nitrogens is 1. The van der Waals surface area contributed by atoms with Gasteiger partial charge in [0.2, 0.25) is 12.7 Å². The van der Waals surface area contributed by atoms with Gasteiger partial charge in [-0.3, -0.25) is 4.79 Å². The average Bonchev–Trinajstić information content (AvgIpc) is 3.38. The van der Waals surface area contributed by atoms with Crippen LogP contribution in [0.4, 0.5) is 17.3 Å². The molecular weight excluding hydrogens is 368 g/mol. The third-order valence-corrected chi connectivity index (χ3v) is 5.85. The van der Waals surface area contributed by atoms with Gasteiger partial charge in [0, 0.05) is 19.6 Å². The summed E-state index contributed by atoms with van der Waals surface area (Å²) in [6.07, 6.45) is 2.90. The molecule has 0 radical (unpaired) electrons. The zero-order valence-corrected chi connectivity index (χ0v) is 16.9. The monoisotopic (exact) mass is 394 g/mol. The summed E-state index contributed by atoms with van der Waals surface area (Å²) in [7, 11) is 0. The number of ether oxygens (including phenoxy) is 2. The molecule has 0 saturated carbocycles. The van der Waals surface area contributed by atoms with Crippen molar-refractivity contribution < 1.29 is 14.3 Å². The Kier molecular flexibility index (Phi) is 4.26. The average molecular weight is 394 g/mol. The van der Waals surface area contributed by atoms with E-state index in [0.717, 1.165) is 60.3 Å². The van der Waals surface area contributed by atoms with Gasteiger partial charge in [-0.1, -0.05) is 6.07 Å². The highest BCUT2D eigenvalue weighted by Crippen LogP contribution is 2.42. The molecule has 1 aromatic carbocycles. The lowest BCUT2D eigenvalue weighted by Gasteiger charge is -2.48. The second-order valence-electron chi connectivity index (χ2n) is 8.49. The van der Waals surface area contributed by atoms with Gasteiger partial charge in [0.1, 0.15) is 5.82 Å². The van der Waals surface area contributed by atoms with Crippen LogP contribution in [0, 0.1) is 0 Å². The molecule has 5 rings (SSSR count). The van der Waals surface area contributed by atoms with Crippen molar-refractivity contribution in [1.82, 2.24) is 4.98 Å². The van der Waals surface area contributed by atoms with Gasteiger partial charge in [-0.15, -0.1) is 0 Å². The molecule has 1 aromatic heterocycles. The smallest absolute Gasteiger partial charge is 0.231 e. The number of carbonyl (C=O) groups excluding carboxylic acids is 1. The molecule has 3 aliphatic rings. The van der Waals surface area contributed by atoms with Crippen molar-refractivity contribution in [2.24, 2.45) is 0 Å². The van der Waals surface area contributed by atoms with Gasteiger partial charge in [0.05, 0.1) is 17.6 Å². The Morgan fingerprint density at radius 3 is 2.66 bits per heavy atom. The van der Waals surface area contributed by atoms with Crippen LogP contribution < -0.4 is 24.6 Å². The number of hydrogen-bond donors (Lipinski definition) is 1. The van der Waals surface area contributed by atoms with Crippen molar-refractivity contribution in [1.29, 1.82) is 0 Å². The van der Waals surface area contributed by atoms with Gasteiger partial charge < -0.3 is 24.6 Å². The van der Waals surface area contributed by atoms with Gasteiger partial charge >= 0.3 is 0 Å². The first-order valence-electron chi connectivity index (χ1n) is 10.2. The van der Waals surface area contributed by atoms with Gasteiger partial charge in [0.25, 0.3) is 0 Å². The predicted molar refractivity (Wildman–Crippen MR) is 112 cm³/mol. The number of hydrogen-bond acceptors (Lipinski definition) is 6. The minimum absolute atomic E-state index is 0.158. The Labute approximate surface area is 170 Å². The summed E-state index contributed by atoms with van der Waals surface area (Å²) >= 11 is 0. The number of amides is 1. The number of β-lactam (4-membered cyclic amide) rings is 1. The Balaban J connectivity index is 1.39. The van der Waals surface area contributed by atoms with E-state index in [1.807, 2.05) is 35.2 Å². The highest BCUT2D eigenvalue weighted by atomic mass is 16.7. The molecule has 0 atom stereocenters. The number of pyridine rings is 1. The number of benzene rings is 1. The lowest BCUT2D eigenvalue weighted by molar-refractivity contribution is -0.126. The number of nitrogens with zero attached hydrogens (tertiary/aromatic N) is 3. The highest BCUT2D eigenvalue weighted by molar-refractivity contribution is 6.04. The van der Waals surface area contributed by atoms with E-state index in [1.54, 1.807) is 0 Å². The fourth-order valence-corrected chi connectivity index (χ4v) is 4.35. The zero-order chi connectivity index (χ0) is 20.0. The number of nitrogens with one attached hydrogen (secondary N) is 1. The van der Waals surface area contributed by atoms with Gasteiger partial charge in [-0.2, -0.15) is 0 Å². The third-order valence-electron chi connectivity index (χ3n) is 5.85. The maximum absolute atomic E-state index is 12.3. The van der Waals surface area contributed by atoms with Crippen LogP contribution in [-0.2, 0) is 11.3 Å². The Morgan fingerprint density at radius 2 is 1.90 bits per heavy atom.